The molecule has 0 spiro atoms. The lowest BCUT2D eigenvalue weighted by Gasteiger charge is -2.29. The average Bonchev–Trinajstić information content (AvgIpc) is 2.68. The van der Waals surface area contributed by atoms with E-state index in [2.05, 4.69) is 5.32 Å². The maximum absolute atomic E-state index is 13.2. The van der Waals surface area contributed by atoms with Crippen LogP contribution in [-0.2, 0) is 17.8 Å². The predicted molar refractivity (Wildman–Crippen MR) is 103 cm³/mol. The molecule has 0 bridgehead atoms. The first-order valence-electron chi connectivity index (χ1n) is 8.72. The Hall–Kier alpha value is -2.47. The van der Waals surface area contributed by atoms with Crippen molar-refractivity contribution in [2.75, 3.05) is 32.6 Å². The molecule has 3 rings (SSSR count). The molecule has 1 aliphatic heterocycles. The summed E-state index contributed by atoms with van der Waals surface area (Å²) in [6.07, 6.45) is 1.13. The first-order chi connectivity index (χ1) is 13.0. The van der Waals surface area contributed by atoms with E-state index >= 15 is 0 Å². The number of hydrogen-bond acceptors (Lipinski definition) is 4. The van der Waals surface area contributed by atoms with Crippen LogP contribution in [0.4, 0.5) is 10.1 Å². The molecular formula is C20H22ClFN2O3. The van der Waals surface area contributed by atoms with Crippen LogP contribution in [0.1, 0.15) is 17.5 Å². The Morgan fingerprint density at radius 2 is 1.89 bits per heavy atom. The molecule has 27 heavy (non-hydrogen) atoms. The van der Waals surface area contributed by atoms with Crippen molar-refractivity contribution >= 4 is 23.2 Å². The number of hydrogen-bond donors (Lipinski definition) is 1. The van der Waals surface area contributed by atoms with Crippen LogP contribution in [0.2, 0.25) is 5.02 Å². The van der Waals surface area contributed by atoms with Gasteiger partial charge in [0.05, 0.1) is 19.2 Å². The monoisotopic (exact) mass is 392 g/mol. The Kier molecular flexibility index (Phi) is 6.06. The number of ether oxygens (including phenoxy) is 2. The molecule has 0 atom stereocenters. The van der Waals surface area contributed by atoms with Gasteiger partial charge in [0.1, 0.15) is 5.82 Å². The number of rotatable bonds is 6. The minimum Gasteiger partial charge on any atom is -0.493 e. The first kappa shape index (κ1) is 19.3. The van der Waals surface area contributed by atoms with Gasteiger partial charge in [-0.1, -0.05) is 11.6 Å². The van der Waals surface area contributed by atoms with Crippen LogP contribution in [0, 0.1) is 5.82 Å². The van der Waals surface area contributed by atoms with Crippen LogP contribution in [0.3, 0.4) is 0 Å². The Labute approximate surface area is 163 Å². The third-order valence-electron chi connectivity index (χ3n) is 4.66. The number of nitrogens with one attached hydrogen (secondary N) is 1. The van der Waals surface area contributed by atoms with E-state index in [0.29, 0.717) is 43.2 Å². The van der Waals surface area contributed by atoms with Crippen molar-refractivity contribution < 1.29 is 18.7 Å². The fourth-order valence-corrected chi connectivity index (χ4v) is 3.35. The molecule has 0 radical (unpaired) electrons. The molecule has 0 aliphatic carbocycles. The third kappa shape index (κ3) is 4.45. The summed E-state index contributed by atoms with van der Waals surface area (Å²) in [7, 11) is 3.22. The summed E-state index contributed by atoms with van der Waals surface area (Å²) in [4.78, 5) is 14.4. The zero-order valence-electron chi connectivity index (χ0n) is 15.4. The number of fused-ring (bicyclic) bond motifs is 1. The Morgan fingerprint density at radius 3 is 2.56 bits per heavy atom. The lowest BCUT2D eigenvalue weighted by molar-refractivity contribution is -0.131. The summed E-state index contributed by atoms with van der Waals surface area (Å²) in [6, 6.07) is 8.33. The number of benzene rings is 2. The second kappa shape index (κ2) is 8.48. The molecule has 7 heteroatoms. The maximum Gasteiger partial charge on any atom is 0.224 e. The summed E-state index contributed by atoms with van der Waals surface area (Å²) in [5, 5.41) is 3.16. The van der Waals surface area contributed by atoms with E-state index in [1.807, 2.05) is 17.0 Å². The quantitative estimate of drug-likeness (QED) is 0.810. The van der Waals surface area contributed by atoms with Gasteiger partial charge in [0.25, 0.3) is 0 Å². The Balaban J connectivity index is 1.58. The molecule has 1 heterocycles. The number of nitrogens with zero attached hydrogens (tertiary/aromatic N) is 1. The Morgan fingerprint density at radius 1 is 1.19 bits per heavy atom. The molecule has 0 fully saturated rings. The van der Waals surface area contributed by atoms with Crippen LogP contribution in [0.25, 0.3) is 0 Å². The maximum atomic E-state index is 13.2. The molecule has 0 aromatic heterocycles. The van der Waals surface area contributed by atoms with E-state index < -0.39 is 5.82 Å². The predicted octanol–water partition coefficient (Wildman–Crippen LogP) is 3.88. The molecule has 0 saturated carbocycles. The minimum atomic E-state index is -0.461. The highest BCUT2D eigenvalue weighted by molar-refractivity contribution is 6.31. The highest BCUT2D eigenvalue weighted by atomic mass is 35.5. The van der Waals surface area contributed by atoms with Gasteiger partial charge in [-0.2, -0.15) is 0 Å². The number of carbonyl (C=O) groups is 1. The number of halogens is 2. The summed E-state index contributed by atoms with van der Waals surface area (Å²) in [6.45, 7) is 1.68. The zero-order valence-corrected chi connectivity index (χ0v) is 16.1. The molecule has 1 aliphatic rings. The lowest BCUT2D eigenvalue weighted by Crippen LogP contribution is -2.36. The smallest absolute Gasteiger partial charge is 0.224 e. The molecule has 144 valence electrons. The summed E-state index contributed by atoms with van der Waals surface area (Å²) >= 11 is 5.76. The molecule has 2 aromatic carbocycles. The van der Waals surface area contributed by atoms with E-state index in [-0.39, 0.29) is 10.9 Å². The molecule has 0 saturated heterocycles. The van der Waals surface area contributed by atoms with Crippen molar-refractivity contribution in [1.29, 1.82) is 0 Å². The fourth-order valence-electron chi connectivity index (χ4n) is 3.17. The van der Waals surface area contributed by atoms with Gasteiger partial charge in [-0.15, -0.1) is 0 Å². The van der Waals surface area contributed by atoms with Gasteiger partial charge in [-0.3, -0.25) is 4.79 Å². The van der Waals surface area contributed by atoms with Crippen molar-refractivity contribution in [3.05, 3.63) is 52.3 Å². The largest absolute Gasteiger partial charge is 0.493 e. The van der Waals surface area contributed by atoms with Crippen molar-refractivity contribution in [2.45, 2.75) is 19.4 Å². The van der Waals surface area contributed by atoms with Gasteiger partial charge >= 0.3 is 0 Å². The first-order valence-corrected chi connectivity index (χ1v) is 9.10. The van der Waals surface area contributed by atoms with E-state index in [0.717, 1.165) is 12.0 Å². The molecule has 1 N–H and O–H groups in total. The lowest BCUT2D eigenvalue weighted by atomic mass is 9.98. The van der Waals surface area contributed by atoms with Crippen LogP contribution >= 0.6 is 11.6 Å². The molecular weight excluding hydrogens is 371 g/mol. The van der Waals surface area contributed by atoms with Crippen LogP contribution < -0.4 is 14.8 Å². The second-order valence-electron chi connectivity index (χ2n) is 6.35. The van der Waals surface area contributed by atoms with Crippen molar-refractivity contribution in [3.63, 3.8) is 0 Å². The molecule has 0 unspecified atom stereocenters. The normalized spacial score (nSPS) is 13.1. The summed E-state index contributed by atoms with van der Waals surface area (Å²) in [5.41, 5.74) is 2.94. The topological polar surface area (TPSA) is 50.8 Å². The van der Waals surface area contributed by atoms with Crippen LogP contribution in [0.5, 0.6) is 11.5 Å². The number of methoxy groups -OCH3 is 2. The van der Waals surface area contributed by atoms with Gasteiger partial charge in [0, 0.05) is 31.7 Å². The molecule has 2 aromatic rings. The van der Waals surface area contributed by atoms with E-state index in [4.69, 9.17) is 21.1 Å². The molecule has 1 amide bonds. The van der Waals surface area contributed by atoms with Crippen LogP contribution in [0.15, 0.2) is 30.3 Å². The van der Waals surface area contributed by atoms with E-state index in [1.165, 1.54) is 17.7 Å². The highest BCUT2D eigenvalue weighted by Gasteiger charge is 2.22. The average molecular weight is 393 g/mol. The van der Waals surface area contributed by atoms with E-state index in [1.54, 1.807) is 20.3 Å². The van der Waals surface area contributed by atoms with Gasteiger partial charge in [0.15, 0.2) is 11.5 Å². The number of carbonyl (C=O) groups excluding carboxylic acids is 1. The second-order valence-corrected chi connectivity index (χ2v) is 6.75. The SMILES string of the molecule is COc1cc2c(cc1OC)CN(C(=O)CCNc1ccc(F)c(Cl)c1)CC2. The summed E-state index contributed by atoms with van der Waals surface area (Å²) < 4.78 is 23.9. The minimum absolute atomic E-state index is 0.0586. The molecule has 5 nitrogen and oxygen atoms in total. The van der Waals surface area contributed by atoms with Crippen molar-refractivity contribution in [3.8, 4) is 11.5 Å². The van der Waals surface area contributed by atoms with Gasteiger partial charge < -0.3 is 19.7 Å². The zero-order chi connectivity index (χ0) is 19.4. The number of amides is 1. The van der Waals surface area contributed by atoms with Gasteiger partial charge in [-0.05, 0) is 47.9 Å². The number of anilines is 1. The third-order valence-corrected chi connectivity index (χ3v) is 4.95. The van der Waals surface area contributed by atoms with Crippen molar-refractivity contribution in [1.82, 2.24) is 4.90 Å². The highest BCUT2D eigenvalue weighted by Crippen LogP contribution is 2.33. The van der Waals surface area contributed by atoms with Gasteiger partial charge in [0.2, 0.25) is 5.91 Å². The fraction of sp³-hybridized carbons (Fsp3) is 0.350. The summed E-state index contributed by atoms with van der Waals surface area (Å²) in [5.74, 6) is 0.979. The Bertz CT molecular complexity index is 844. The van der Waals surface area contributed by atoms with E-state index in [9.17, 15) is 9.18 Å². The van der Waals surface area contributed by atoms with Gasteiger partial charge in [-0.25, -0.2) is 4.39 Å². The van der Waals surface area contributed by atoms with Crippen LogP contribution in [-0.4, -0.2) is 38.1 Å². The standard InChI is InChI=1S/C20H22ClFN2O3/c1-26-18-9-13-6-8-24(12-14(13)10-19(18)27-2)20(25)5-7-23-15-3-4-17(22)16(21)11-15/h3-4,9-11,23H,5-8,12H2,1-2H3. The van der Waals surface area contributed by atoms with Crippen molar-refractivity contribution in [2.24, 2.45) is 0 Å².